The number of hydrogen-bond donors (Lipinski definition) is 2. The molecule has 0 bridgehead atoms. The first-order valence-corrected chi connectivity index (χ1v) is 8.51. The third-order valence-corrected chi connectivity index (χ3v) is 3.43. The zero-order valence-corrected chi connectivity index (χ0v) is 16.0. The highest BCUT2D eigenvalue weighted by Gasteiger charge is 2.10. The van der Waals surface area contributed by atoms with E-state index in [1.165, 1.54) is 7.11 Å². The Morgan fingerprint density at radius 3 is 2.85 bits per heavy atom. The Morgan fingerprint density at radius 2 is 2.19 bits per heavy atom. The minimum Gasteiger partial charge on any atom is -0.493 e. The maximum atomic E-state index is 5.72. The summed E-state index contributed by atoms with van der Waals surface area (Å²) in [6, 6.07) is 0.265. The van der Waals surface area contributed by atoms with Gasteiger partial charge in [0.2, 0.25) is 5.95 Å². The quantitative estimate of drug-likeness (QED) is 0.255. The Labute approximate surface area is 155 Å². The van der Waals surface area contributed by atoms with Gasteiger partial charge in [0.25, 0.3) is 0 Å². The Kier molecular flexibility index (Phi) is 9.59. The molecule has 0 aliphatic heterocycles. The summed E-state index contributed by atoms with van der Waals surface area (Å²) in [7, 11) is 3.07. The number of aliphatic imine (C=N–C) groups is 1. The summed E-state index contributed by atoms with van der Waals surface area (Å²) in [6.07, 6.45) is 6.96. The maximum Gasteiger partial charge on any atom is 0.222 e. The molecule has 0 saturated heterocycles. The lowest BCUT2D eigenvalue weighted by atomic mass is 10.2. The van der Waals surface area contributed by atoms with Crippen LogP contribution in [-0.4, -0.2) is 49.6 Å². The van der Waals surface area contributed by atoms with Crippen LogP contribution in [0.1, 0.15) is 26.7 Å². The van der Waals surface area contributed by atoms with E-state index >= 15 is 0 Å². The number of allylic oxidation sites excluding steroid dienone is 1. The van der Waals surface area contributed by atoms with E-state index < -0.39 is 0 Å². The zero-order valence-electron chi connectivity index (χ0n) is 16.0. The normalized spacial score (nSPS) is 12.7. The Bertz CT molecular complexity index is 631. The molecule has 1 unspecified atom stereocenters. The maximum absolute atomic E-state index is 5.72. The smallest absolute Gasteiger partial charge is 0.222 e. The predicted octanol–water partition coefficient (Wildman–Crippen LogP) is 2.80. The lowest BCUT2D eigenvalue weighted by Crippen LogP contribution is -2.17. The number of nitrogens with zero attached hydrogens (tertiary/aromatic N) is 3. The Morgan fingerprint density at radius 1 is 1.42 bits per heavy atom. The molecule has 0 aromatic carbocycles. The molecule has 0 fully saturated rings. The van der Waals surface area contributed by atoms with Gasteiger partial charge in [-0.1, -0.05) is 19.9 Å². The summed E-state index contributed by atoms with van der Waals surface area (Å²) < 4.78 is 15.9. The fourth-order valence-corrected chi connectivity index (χ4v) is 2.11. The second-order valence-corrected chi connectivity index (χ2v) is 5.54. The summed E-state index contributed by atoms with van der Waals surface area (Å²) in [4.78, 5) is 12.4. The van der Waals surface area contributed by atoms with Gasteiger partial charge in [0.05, 0.1) is 27.0 Å². The van der Waals surface area contributed by atoms with Crippen molar-refractivity contribution in [1.29, 1.82) is 0 Å². The molecule has 0 aliphatic carbocycles. The monoisotopic (exact) mass is 363 g/mol. The van der Waals surface area contributed by atoms with Crippen molar-refractivity contribution in [3.8, 4) is 5.75 Å². The second-order valence-electron chi connectivity index (χ2n) is 5.54. The van der Waals surface area contributed by atoms with E-state index in [-0.39, 0.29) is 12.0 Å². The molecule has 0 amide bonds. The average Bonchev–Trinajstić information content (AvgIpc) is 2.62. The van der Waals surface area contributed by atoms with Crippen LogP contribution in [0.3, 0.4) is 0 Å². The molecule has 1 aromatic heterocycles. The molecule has 1 atom stereocenters. The standard InChI is InChI=1S/C18H29N5O3/c1-6-7-13(2)22-17-16(12-21-18(19)23-17)26-11-10-20-9-8-15(25-5)14(3)24-4/h8-9,12-13H,3,6-7,10-11H2,1-2,4-5H3,(H3,19,21,22,23)/b15-8+,20-9?. The lowest BCUT2D eigenvalue weighted by molar-refractivity contribution is 0.222. The summed E-state index contributed by atoms with van der Waals surface area (Å²) in [6.45, 7) is 8.78. The van der Waals surface area contributed by atoms with Crippen LogP contribution in [0, 0.1) is 0 Å². The highest BCUT2D eigenvalue weighted by atomic mass is 16.5. The van der Waals surface area contributed by atoms with Crippen LogP contribution in [-0.2, 0) is 9.47 Å². The van der Waals surface area contributed by atoms with Gasteiger partial charge in [-0.15, -0.1) is 0 Å². The molecule has 0 radical (unpaired) electrons. The van der Waals surface area contributed by atoms with Gasteiger partial charge in [0.1, 0.15) is 6.61 Å². The topological polar surface area (TPSA) is 104 Å². The number of ether oxygens (including phenoxy) is 3. The third-order valence-electron chi connectivity index (χ3n) is 3.43. The largest absolute Gasteiger partial charge is 0.493 e. The molecule has 0 aliphatic rings. The minimum absolute atomic E-state index is 0.206. The fraction of sp³-hybridized carbons (Fsp3) is 0.500. The van der Waals surface area contributed by atoms with Crippen LogP contribution in [0.2, 0.25) is 0 Å². The van der Waals surface area contributed by atoms with Crippen LogP contribution in [0.5, 0.6) is 5.75 Å². The number of rotatable bonds is 12. The van der Waals surface area contributed by atoms with Crippen molar-refractivity contribution in [2.45, 2.75) is 32.7 Å². The lowest BCUT2D eigenvalue weighted by Gasteiger charge is -2.16. The summed E-state index contributed by atoms with van der Waals surface area (Å²) in [5.74, 6) is 2.31. The fourth-order valence-electron chi connectivity index (χ4n) is 2.11. The molecule has 0 spiro atoms. The minimum atomic E-state index is 0.206. The number of aromatic nitrogens is 2. The number of nitrogens with one attached hydrogen (secondary N) is 1. The molecule has 144 valence electrons. The molecular formula is C18H29N5O3. The SMILES string of the molecule is C=C(OC)/C(=C\C=NCCOc1cnc(N)nc1NC(C)CCC)OC. The van der Waals surface area contributed by atoms with Gasteiger partial charge in [-0.3, -0.25) is 4.99 Å². The summed E-state index contributed by atoms with van der Waals surface area (Å²) in [5, 5.41) is 3.30. The molecule has 0 saturated carbocycles. The first kappa shape index (κ1) is 21.3. The van der Waals surface area contributed by atoms with Gasteiger partial charge in [0.15, 0.2) is 23.1 Å². The van der Waals surface area contributed by atoms with Crippen molar-refractivity contribution in [2.75, 3.05) is 38.4 Å². The van der Waals surface area contributed by atoms with Crippen molar-refractivity contribution in [3.63, 3.8) is 0 Å². The highest BCUT2D eigenvalue weighted by Crippen LogP contribution is 2.23. The Balaban J connectivity index is 2.58. The van der Waals surface area contributed by atoms with Crippen molar-refractivity contribution in [1.82, 2.24) is 9.97 Å². The molecule has 1 heterocycles. The average molecular weight is 363 g/mol. The van der Waals surface area contributed by atoms with E-state index in [0.29, 0.717) is 36.2 Å². The van der Waals surface area contributed by atoms with Gasteiger partial charge in [0, 0.05) is 18.3 Å². The van der Waals surface area contributed by atoms with Crippen LogP contribution in [0.15, 0.2) is 35.4 Å². The van der Waals surface area contributed by atoms with Crippen LogP contribution in [0.4, 0.5) is 11.8 Å². The van der Waals surface area contributed by atoms with Crippen molar-refractivity contribution in [3.05, 3.63) is 30.4 Å². The molecule has 8 nitrogen and oxygen atoms in total. The summed E-state index contributed by atoms with van der Waals surface area (Å²) in [5.41, 5.74) is 5.67. The van der Waals surface area contributed by atoms with E-state index in [1.807, 2.05) is 0 Å². The van der Waals surface area contributed by atoms with Gasteiger partial charge >= 0.3 is 0 Å². The number of anilines is 2. The zero-order chi connectivity index (χ0) is 19.4. The second kappa shape index (κ2) is 11.7. The van der Waals surface area contributed by atoms with E-state index in [4.69, 9.17) is 19.9 Å². The van der Waals surface area contributed by atoms with Gasteiger partial charge in [-0.25, -0.2) is 4.98 Å². The van der Waals surface area contributed by atoms with E-state index in [0.717, 1.165) is 12.8 Å². The van der Waals surface area contributed by atoms with Crippen LogP contribution >= 0.6 is 0 Å². The van der Waals surface area contributed by atoms with Crippen molar-refractivity contribution < 1.29 is 14.2 Å². The van der Waals surface area contributed by atoms with Crippen LogP contribution < -0.4 is 15.8 Å². The van der Waals surface area contributed by atoms with E-state index in [2.05, 4.69) is 40.7 Å². The molecule has 1 aromatic rings. The summed E-state index contributed by atoms with van der Waals surface area (Å²) >= 11 is 0. The van der Waals surface area contributed by atoms with Gasteiger partial charge < -0.3 is 25.3 Å². The molecular weight excluding hydrogens is 334 g/mol. The molecule has 8 heteroatoms. The molecule has 1 rings (SSSR count). The van der Waals surface area contributed by atoms with Crippen molar-refractivity contribution in [2.24, 2.45) is 4.99 Å². The van der Waals surface area contributed by atoms with E-state index in [1.54, 1.807) is 25.6 Å². The van der Waals surface area contributed by atoms with Crippen LogP contribution in [0.25, 0.3) is 0 Å². The van der Waals surface area contributed by atoms with Gasteiger partial charge in [-0.05, 0) is 13.3 Å². The predicted molar refractivity (Wildman–Crippen MR) is 105 cm³/mol. The highest BCUT2D eigenvalue weighted by molar-refractivity contribution is 5.72. The Hall–Kier alpha value is -2.77. The van der Waals surface area contributed by atoms with Crippen molar-refractivity contribution >= 4 is 18.0 Å². The molecule has 3 N–H and O–H groups in total. The first-order chi connectivity index (χ1) is 12.5. The number of hydrogen-bond acceptors (Lipinski definition) is 8. The third kappa shape index (κ3) is 7.42. The number of nitrogens with two attached hydrogens (primary N) is 1. The van der Waals surface area contributed by atoms with E-state index in [9.17, 15) is 0 Å². The number of methoxy groups -OCH3 is 2. The number of nitrogen functional groups attached to an aromatic ring is 1. The molecule has 26 heavy (non-hydrogen) atoms. The first-order valence-electron chi connectivity index (χ1n) is 8.51. The van der Waals surface area contributed by atoms with Gasteiger partial charge in [-0.2, -0.15) is 4.98 Å².